The van der Waals surface area contributed by atoms with E-state index in [-0.39, 0.29) is 12.3 Å². The number of aryl methyl sites for hydroxylation is 3. The quantitative estimate of drug-likeness (QED) is 0.708. The molecule has 5 heteroatoms. The third-order valence-corrected chi connectivity index (χ3v) is 4.28. The average Bonchev–Trinajstić information content (AvgIpc) is 2.64. The van der Waals surface area contributed by atoms with Gasteiger partial charge in [0.2, 0.25) is 0 Å². The van der Waals surface area contributed by atoms with E-state index in [1.54, 1.807) is 6.92 Å². The van der Waals surface area contributed by atoms with Crippen LogP contribution in [0.1, 0.15) is 37.0 Å². The highest BCUT2D eigenvalue weighted by Crippen LogP contribution is 2.21. The number of carbonyl (C=O) groups is 2. The van der Waals surface area contributed by atoms with Crippen LogP contribution in [0.5, 0.6) is 5.75 Å². The van der Waals surface area contributed by atoms with Crippen molar-refractivity contribution < 1.29 is 19.1 Å². The zero-order valence-electron chi connectivity index (χ0n) is 16.4. The lowest BCUT2D eigenvalue weighted by Gasteiger charge is -2.16. The summed E-state index contributed by atoms with van der Waals surface area (Å²) in [6.07, 6.45) is -0.177. The van der Waals surface area contributed by atoms with E-state index in [9.17, 15) is 9.59 Å². The van der Waals surface area contributed by atoms with Crippen molar-refractivity contribution in [2.75, 3.05) is 11.9 Å². The lowest BCUT2D eigenvalue weighted by molar-refractivity contribution is -0.153. The van der Waals surface area contributed by atoms with E-state index in [2.05, 4.69) is 5.32 Å². The van der Waals surface area contributed by atoms with Gasteiger partial charge in [0.25, 0.3) is 5.91 Å². The smallest absolute Gasteiger partial charge is 0.306 e. The molecule has 5 nitrogen and oxygen atoms in total. The second-order valence-electron chi connectivity index (χ2n) is 6.43. The monoisotopic (exact) mass is 369 g/mol. The molecule has 0 spiro atoms. The highest BCUT2D eigenvalue weighted by atomic mass is 16.5. The minimum Gasteiger partial charge on any atom is -0.494 e. The molecule has 0 saturated carbocycles. The summed E-state index contributed by atoms with van der Waals surface area (Å²) >= 11 is 0. The van der Waals surface area contributed by atoms with E-state index < -0.39 is 12.1 Å². The summed E-state index contributed by atoms with van der Waals surface area (Å²) in [5, 5.41) is 2.85. The Morgan fingerprint density at radius 3 is 2.37 bits per heavy atom. The third kappa shape index (κ3) is 5.84. The predicted molar refractivity (Wildman–Crippen MR) is 106 cm³/mol. The molecule has 0 aromatic heterocycles. The van der Waals surface area contributed by atoms with Gasteiger partial charge in [-0.2, -0.15) is 0 Å². The van der Waals surface area contributed by atoms with E-state index in [4.69, 9.17) is 9.47 Å². The van der Waals surface area contributed by atoms with Crippen LogP contribution in [0.25, 0.3) is 0 Å². The Morgan fingerprint density at radius 1 is 1.04 bits per heavy atom. The number of anilines is 1. The molecule has 0 fully saturated rings. The van der Waals surface area contributed by atoms with Gasteiger partial charge in [-0.05, 0) is 56.9 Å². The van der Waals surface area contributed by atoms with Gasteiger partial charge in [-0.25, -0.2) is 0 Å². The number of para-hydroxylation sites is 2. The molecular weight excluding hydrogens is 342 g/mol. The van der Waals surface area contributed by atoms with Gasteiger partial charge in [-0.15, -0.1) is 0 Å². The molecule has 0 saturated heterocycles. The van der Waals surface area contributed by atoms with Crippen molar-refractivity contribution in [3.8, 4) is 5.75 Å². The maximum atomic E-state index is 12.4. The van der Waals surface area contributed by atoms with Gasteiger partial charge >= 0.3 is 5.97 Å². The van der Waals surface area contributed by atoms with Crippen molar-refractivity contribution in [3.05, 3.63) is 59.2 Å². The number of ether oxygens (including phenoxy) is 2. The minimum absolute atomic E-state index is 0.186. The molecule has 0 aliphatic rings. The highest BCUT2D eigenvalue weighted by molar-refractivity contribution is 5.96. The molecule has 144 valence electrons. The van der Waals surface area contributed by atoms with E-state index in [1.807, 2.05) is 63.2 Å². The normalized spacial score (nSPS) is 11.6. The maximum absolute atomic E-state index is 12.4. The van der Waals surface area contributed by atoms with Gasteiger partial charge in [0.1, 0.15) is 5.75 Å². The molecule has 27 heavy (non-hydrogen) atoms. The Bertz CT molecular complexity index is 780. The van der Waals surface area contributed by atoms with E-state index >= 15 is 0 Å². The second-order valence-corrected chi connectivity index (χ2v) is 6.43. The second kappa shape index (κ2) is 9.76. The molecule has 1 atom stereocenters. The fourth-order valence-corrected chi connectivity index (χ4v) is 2.79. The lowest BCUT2D eigenvalue weighted by Crippen LogP contribution is -2.30. The average molecular weight is 369 g/mol. The molecule has 2 aromatic carbocycles. The van der Waals surface area contributed by atoms with Crippen molar-refractivity contribution in [3.63, 3.8) is 0 Å². The van der Waals surface area contributed by atoms with Crippen LogP contribution in [0.15, 0.2) is 42.5 Å². The maximum Gasteiger partial charge on any atom is 0.306 e. The number of carbonyl (C=O) groups excluding carboxylic acids is 2. The molecular formula is C22H27NO4. The Kier molecular flexibility index (Phi) is 7.41. The molecule has 0 aliphatic carbocycles. The first-order chi connectivity index (χ1) is 12.9. The van der Waals surface area contributed by atoms with Crippen LogP contribution in [0.4, 0.5) is 5.69 Å². The van der Waals surface area contributed by atoms with Crippen molar-refractivity contribution in [2.24, 2.45) is 0 Å². The summed E-state index contributed by atoms with van der Waals surface area (Å²) in [7, 11) is 0. The van der Waals surface area contributed by atoms with Crippen LogP contribution in [-0.2, 0) is 20.7 Å². The minimum atomic E-state index is -0.862. The fourth-order valence-electron chi connectivity index (χ4n) is 2.79. The summed E-state index contributed by atoms with van der Waals surface area (Å²) in [6, 6.07) is 13.4. The molecule has 0 radical (unpaired) electrons. The van der Waals surface area contributed by atoms with Crippen LogP contribution < -0.4 is 10.1 Å². The van der Waals surface area contributed by atoms with Gasteiger partial charge in [0.05, 0.1) is 6.61 Å². The number of hydrogen-bond acceptors (Lipinski definition) is 4. The van der Waals surface area contributed by atoms with Gasteiger partial charge < -0.3 is 14.8 Å². The Hall–Kier alpha value is -2.82. The number of nitrogens with one attached hydrogen (secondary N) is 1. The Labute approximate surface area is 160 Å². The topological polar surface area (TPSA) is 64.6 Å². The van der Waals surface area contributed by atoms with E-state index in [0.29, 0.717) is 13.0 Å². The highest BCUT2D eigenvalue weighted by Gasteiger charge is 2.19. The lowest BCUT2D eigenvalue weighted by atomic mass is 10.1. The summed E-state index contributed by atoms with van der Waals surface area (Å²) in [5.41, 5.74) is 3.64. The number of rotatable bonds is 8. The number of esters is 1. The molecule has 1 unspecified atom stereocenters. The first-order valence-corrected chi connectivity index (χ1v) is 9.19. The molecule has 1 amide bonds. The summed E-state index contributed by atoms with van der Waals surface area (Å²) in [6.45, 7) is 7.91. The SMILES string of the molecule is CCOc1ccccc1CCC(=O)OC(C)C(=O)Nc1c(C)cccc1C. The van der Waals surface area contributed by atoms with Crippen LogP contribution >= 0.6 is 0 Å². The van der Waals surface area contributed by atoms with Crippen molar-refractivity contribution in [1.29, 1.82) is 0 Å². The summed E-state index contributed by atoms with van der Waals surface area (Å²) in [4.78, 5) is 24.5. The van der Waals surface area contributed by atoms with Crippen LogP contribution in [0.3, 0.4) is 0 Å². The van der Waals surface area contributed by atoms with Crippen LogP contribution in [0, 0.1) is 13.8 Å². The molecule has 0 bridgehead atoms. The first kappa shape index (κ1) is 20.5. The molecule has 0 aliphatic heterocycles. The Balaban J connectivity index is 1.89. The molecule has 2 rings (SSSR count). The van der Waals surface area contributed by atoms with E-state index in [0.717, 1.165) is 28.1 Å². The van der Waals surface area contributed by atoms with Crippen molar-refractivity contribution in [2.45, 2.75) is 46.6 Å². The number of benzene rings is 2. The fraction of sp³-hybridized carbons (Fsp3) is 0.364. The first-order valence-electron chi connectivity index (χ1n) is 9.19. The van der Waals surface area contributed by atoms with E-state index in [1.165, 1.54) is 0 Å². The van der Waals surface area contributed by atoms with Crippen molar-refractivity contribution in [1.82, 2.24) is 0 Å². The van der Waals surface area contributed by atoms with Gasteiger partial charge in [0, 0.05) is 12.1 Å². The third-order valence-electron chi connectivity index (χ3n) is 4.28. The van der Waals surface area contributed by atoms with Gasteiger partial charge in [-0.1, -0.05) is 36.4 Å². The van der Waals surface area contributed by atoms with Crippen LogP contribution in [0.2, 0.25) is 0 Å². The molecule has 0 heterocycles. The predicted octanol–water partition coefficient (Wildman–Crippen LogP) is 4.21. The van der Waals surface area contributed by atoms with Crippen LogP contribution in [-0.4, -0.2) is 24.6 Å². The zero-order valence-corrected chi connectivity index (χ0v) is 16.4. The van der Waals surface area contributed by atoms with Crippen molar-refractivity contribution >= 4 is 17.6 Å². The number of amides is 1. The largest absolute Gasteiger partial charge is 0.494 e. The molecule has 1 N–H and O–H groups in total. The van der Waals surface area contributed by atoms with Gasteiger partial charge in [0.15, 0.2) is 6.10 Å². The summed E-state index contributed by atoms with van der Waals surface area (Å²) < 4.78 is 10.9. The molecule has 2 aromatic rings. The summed E-state index contributed by atoms with van der Waals surface area (Å²) in [5.74, 6) is 0.0227. The number of hydrogen-bond donors (Lipinski definition) is 1. The Morgan fingerprint density at radius 2 is 1.70 bits per heavy atom. The standard InChI is InChI=1S/C22H27NO4/c1-5-26-19-12-7-6-11-18(19)13-14-20(24)27-17(4)22(25)23-21-15(2)9-8-10-16(21)3/h6-12,17H,5,13-14H2,1-4H3,(H,23,25). The van der Waals surface area contributed by atoms with Gasteiger partial charge in [-0.3, -0.25) is 9.59 Å². The zero-order chi connectivity index (χ0) is 19.8.